The zero-order valence-corrected chi connectivity index (χ0v) is 10.6. The Morgan fingerprint density at radius 2 is 1.70 bits per heavy atom. The summed E-state index contributed by atoms with van der Waals surface area (Å²) in [5.41, 5.74) is 1.80. The van der Waals surface area contributed by atoms with Crippen molar-refractivity contribution in [2.24, 2.45) is 0 Å². The van der Waals surface area contributed by atoms with Crippen molar-refractivity contribution in [1.29, 1.82) is 0 Å². The van der Waals surface area contributed by atoms with Crippen molar-refractivity contribution < 1.29 is 9.90 Å². The molecule has 0 unspecified atom stereocenters. The van der Waals surface area contributed by atoms with Crippen LogP contribution >= 0.6 is 0 Å². The van der Waals surface area contributed by atoms with E-state index in [2.05, 4.69) is 4.98 Å². The van der Waals surface area contributed by atoms with Crippen LogP contribution in [-0.2, 0) is 0 Å². The smallest absolute Gasteiger partial charge is 0.337 e. The molecule has 0 atom stereocenters. The predicted molar refractivity (Wildman–Crippen MR) is 76.0 cm³/mol. The van der Waals surface area contributed by atoms with Gasteiger partial charge in [-0.15, -0.1) is 0 Å². The molecular formula is C16H12N2O2. The van der Waals surface area contributed by atoms with E-state index >= 15 is 0 Å². The van der Waals surface area contributed by atoms with Gasteiger partial charge >= 0.3 is 5.97 Å². The van der Waals surface area contributed by atoms with Crippen molar-refractivity contribution >= 4 is 5.97 Å². The Bertz CT molecular complexity index is 748. The summed E-state index contributed by atoms with van der Waals surface area (Å²) in [6.07, 6.45) is 3.44. The Labute approximate surface area is 116 Å². The van der Waals surface area contributed by atoms with Crippen molar-refractivity contribution in [3.05, 3.63) is 72.6 Å². The molecule has 0 saturated carbocycles. The number of carboxylic acid groups (broad SMARTS) is 1. The summed E-state index contributed by atoms with van der Waals surface area (Å²) in [7, 11) is 0. The monoisotopic (exact) mass is 264 g/mol. The van der Waals surface area contributed by atoms with Gasteiger partial charge in [-0.1, -0.05) is 42.5 Å². The molecule has 0 aliphatic rings. The van der Waals surface area contributed by atoms with Crippen LogP contribution in [0, 0.1) is 0 Å². The normalized spacial score (nSPS) is 10.4. The molecule has 98 valence electrons. The van der Waals surface area contributed by atoms with E-state index in [0.717, 1.165) is 11.4 Å². The van der Waals surface area contributed by atoms with Crippen LogP contribution in [0.5, 0.6) is 0 Å². The Morgan fingerprint density at radius 3 is 2.45 bits per heavy atom. The van der Waals surface area contributed by atoms with Crippen LogP contribution in [-0.4, -0.2) is 20.6 Å². The number of aromatic carboxylic acids is 1. The molecule has 0 fully saturated rings. The molecule has 0 radical (unpaired) electrons. The third-order valence-corrected chi connectivity index (χ3v) is 3.07. The van der Waals surface area contributed by atoms with E-state index in [-0.39, 0.29) is 5.56 Å². The van der Waals surface area contributed by atoms with Crippen molar-refractivity contribution in [2.45, 2.75) is 0 Å². The van der Waals surface area contributed by atoms with Gasteiger partial charge in [0.15, 0.2) is 0 Å². The van der Waals surface area contributed by atoms with E-state index in [9.17, 15) is 9.90 Å². The van der Waals surface area contributed by atoms with Gasteiger partial charge in [0.1, 0.15) is 5.82 Å². The standard InChI is InChI=1S/C16H12N2O2/c19-16(20)13-8-4-5-9-14(13)18-11-10-17-15(18)12-6-2-1-3-7-12/h1-11H,(H,19,20). The molecule has 0 aliphatic carbocycles. The van der Waals surface area contributed by atoms with Crippen LogP contribution in [0.1, 0.15) is 10.4 Å². The van der Waals surface area contributed by atoms with Gasteiger partial charge in [-0.05, 0) is 12.1 Å². The third kappa shape index (κ3) is 2.07. The first-order valence-corrected chi connectivity index (χ1v) is 6.19. The summed E-state index contributed by atoms with van der Waals surface area (Å²) in [6, 6.07) is 16.6. The number of hydrogen-bond donors (Lipinski definition) is 1. The highest BCUT2D eigenvalue weighted by Crippen LogP contribution is 2.23. The molecular weight excluding hydrogens is 252 g/mol. The van der Waals surface area contributed by atoms with Gasteiger partial charge in [0.2, 0.25) is 0 Å². The Morgan fingerprint density at radius 1 is 1.00 bits per heavy atom. The van der Waals surface area contributed by atoms with E-state index in [0.29, 0.717) is 5.69 Å². The lowest BCUT2D eigenvalue weighted by Gasteiger charge is -2.10. The number of nitrogens with zero attached hydrogens (tertiary/aromatic N) is 2. The fraction of sp³-hybridized carbons (Fsp3) is 0. The molecule has 2 aromatic carbocycles. The number of para-hydroxylation sites is 1. The van der Waals surface area contributed by atoms with E-state index in [1.807, 2.05) is 36.4 Å². The average molecular weight is 264 g/mol. The minimum atomic E-state index is -0.951. The number of aromatic nitrogens is 2. The van der Waals surface area contributed by atoms with Crippen LogP contribution in [0.25, 0.3) is 17.1 Å². The molecule has 4 nitrogen and oxygen atoms in total. The molecule has 20 heavy (non-hydrogen) atoms. The minimum absolute atomic E-state index is 0.252. The number of imidazole rings is 1. The van der Waals surface area contributed by atoms with E-state index in [1.54, 1.807) is 35.2 Å². The lowest BCUT2D eigenvalue weighted by atomic mass is 10.1. The Hall–Kier alpha value is -2.88. The molecule has 0 amide bonds. The molecule has 3 rings (SSSR count). The fourth-order valence-corrected chi connectivity index (χ4v) is 2.16. The quantitative estimate of drug-likeness (QED) is 0.790. The highest BCUT2D eigenvalue weighted by Gasteiger charge is 2.14. The summed E-state index contributed by atoms with van der Waals surface area (Å²) >= 11 is 0. The van der Waals surface area contributed by atoms with Crippen LogP contribution < -0.4 is 0 Å². The summed E-state index contributed by atoms with van der Waals surface area (Å²) in [4.78, 5) is 15.7. The maximum absolute atomic E-state index is 11.3. The lowest BCUT2D eigenvalue weighted by Crippen LogP contribution is -2.05. The maximum Gasteiger partial charge on any atom is 0.337 e. The van der Waals surface area contributed by atoms with Crippen LogP contribution in [0.4, 0.5) is 0 Å². The molecule has 0 spiro atoms. The van der Waals surface area contributed by atoms with Crippen LogP contribution in [0.15, 0.2) is 67.0 Å². The largest absolute Gasteiger partial charge is 0.478 e. The number of carboxylic acids is 1. The first kappa shape index (κ1) is 12.2. The van der Waals surface area contributed by atoms with Crippen LogP contribution in [0.2, 0.25) is 0 Å². The van der Waals surface area contributed by atoms with Crippen molar-refractivity contribution in [2.75, 3.05) is 0 Å². The highest BCUT2D eigenvalue weighted by molar-refractivity contribution is 5.92. The molecule has 0 bridgehead atoms. The summed E-state index contributed by atoms with van der Waals surface area (Å²) in [5, 5.41) is 9.29. The molecule has 0 saturated heterocycles. The summed E-state index contributed by atoms with van der Waals surface area (Å²) < 4.78 is 1.79. The van der Waals surface area contributed by atoms with E-state index < -0.39 is 5.97 Å². The second-order valence-electron chi connectivity index (χ2n) is 4.31. The zero-order chi connectivity index (χ0) is 13.9. The van der Waals surface area contributed by atoms with Crippen LogP contribution in [0.3, 0.4) is 0 Å². The number of rotatable bonds is 3. The summed E-state index contributed by atoms with van der Waals surface area (Å²) in [5.74, 6) is -0.229. The van der Waals surface area contributed by atoms with Gasteiger partial charge in [0, 0.05) is 18.0 Å². The number of carbonyl (C=O) groups is 1. The number of benzene rings is 2. The highest BCUT2D eigenvalue weighted by atomic mass is 16.4. The van der Waals surface area contributed by atoms with Crippen molar-refractivity contribution in [3.8, 4) is 17.1 Å². The molecule has 0 aliphatic heterocycles. The van der Waals surface area contributed by atoms with Crippen molar-refractivity contribution in [3.63, 3.8) is 0 Å². The second kappa shape index (κ2) is 5.01. The third-order valence-electron chi connectivity index (χ3n) is 3.07. The molecule has 4 heteroatoms. The topological polar surface area (TPSA) is 55.1 Å². The molecule has 1 heterocycles. The zero-order valence-electron chi connectivity index (χ0n) is 10.6. The molecule has 1 aromatic heterocycles. The first-order valence-electron chi connectivity index (χ1n) is 6.19. The minimum Gasteiger partial charge on any atom is -0.478 e. The van der Waals surface area contributed by atoms with Gasteiger partial charge < -0.3 is 5.11 Å². The van der Waals surface area contributed by atoms with Gasteiger partial charge in [-0.25, -0.2) is 9.78 Å². The van der Waals surface area contributed by atoms with E-state index in [1.165, 1.54) is 0 Å². The van der Waals surface area contributed by atoms with Gasteiger partial charge in [0.25, 0.3) is 0 Å². The van der Waals surface area contributed by atoms with Gasteiger partial charge in [-0.3, -0.25) is 4.57 Å². The lowest BCUT2D eigenvalue weighted by molar-refractivity contribution is 0.0697. The Balaban J connectivity index is 2.18. The first-order chi connectivity index (χ1) is 9.77. The second-order valence-corrected chi connectivity index (χ2v) is 4.31. The maximum atomic E-state index is 11.3. The predicted octanol–water partition coefficient (Wildman–Crippen LogP) is 3.24. The van der Waals surface area contributed by atoms with Gasteiger partial charge in [0.05, 0.1) is 11.3 Å². The van der Waals surface area contributed by atoms with E-state index in [4.69, 9.17) is 0 Å². The average Bonchev–Trinajstić information content (AvgIpc) is 2.97. The molecule has 3 aromatic rings. The molecule has 1 N–H and O–H groups in total. The Kier molecular flexibility index (Phi) is 3.05. The summed E-state index contributed by atoms with van der Waals surface area (Å²) in [6.45, 7) is 0. The SMILES string of the molecule is O=C(O)c1ccccc1-n1ccnc1-c1ccccc1. The number of hydrogen-bond acceptors (Lipinski definition) is 2. The fourth-order valence-electron chi connectivity index (χ4n) is 2.16. The van der Waals surface area contributed by atoms with Gasteiger partial charge in [-0.2, -0.15) is 0 Å². The van der Waals surface area contributed by atoms with Crippen molar-refractivity contribution in [1.82, 2.24) is 9.55 Å².